The average Bonchev–Trinajstić information content (AvgIpc) is 2.40. The second-order valence-electron chi connectivity index (χ2n) is 5.40. The number of hydrogen-bond donors (Lipinski definition) is 1. The third kappa shape index (κ3) is 3.21. The summed E-state index contributed by atoms with van der Waals surface area (Å²) in [7, 11) is 2.16. The van der Waals surface area contributed by atoms with Crippen molar-refractivity contribution in [1.82, 2.24) is 15.1 Å². The van der Waals surface area contributed by atoms with Gasteiger partial charge in [-0.05, 0) is 51.8 Å². The van der Waals surface area contributed by atoms with Crippen LogP contribution in [0, 0.1) is 31.1 Å². The van der Waals surface area contributed by atoms with Crippen molar-refractivity contribution in [3.05, 3.63) is 16.8 Å². The summed E-state index contributed by atoms with van der Waals surface area (Å²) in [5.41, 5.74) is 2.36. The summed E-state index contributed by atoms with van der Waals surface area (Å²) in [5.74, 6) is 1.24. The summed E-state index contributed by atoms with van der Waals surface area (Å²) in [5, 5.41) is 20.7. The number of likely N-dealkylation sites (tertiary alicyclic amines) is 1. The predicted octanol–water partition coefficient (Wildman–Crippen LogP) is 1.72. The molecule has 0 bridgehead atoms. The highest BCUT2D eigenvalue weighted by molar-refractivity contribution is 5.55. The van der Waals surface area contributed by atoms with Crippen molar-refractivity contribution < 1.29 is 0 Å². The maximum Gasteiger partial charge on any atom is 0.166 e. The van der Waals surface area contributed by atoms with Gasteiger partial charge >= 0.3 is 0 Å². The summed E-state index contributed by atoms with van der Waals surface area (Å²) < 4.78 is 0. The molecule has 2 rings (SSSR count). The molecule has 1 N–H and O–H groups in total. The van der Waals surface area contributed by atoms with Gasteiger partial charge in [0.15, 0.2) is 5.82 Å². The molecule has 1 aromatic rings. The minimum absolute atomic E-state index is 0.619. The van der Waals surface area contributed by atoms with Crippen LogP contribution in [0.3, 0.4) is 0 Å². The summed E-state index contributed by atoms with van der Waals surface area (Å²) in [6, 6.07) is 2.23. The van der Waals surface area contributed by atoms with E-state index in [-0.39, 0.29) is 0 Å². The van der Waals surface area contributed by atoms with E-state index < -0.39 is 0 Å². The number of rotatable bonds is 3. The molecular weight excluding hydrogens is 238 g/mol. The highest BCUT2D eigenvalue weighted by Crippen LogP contribution is 2.19. The molecule has 0 aromatic carbocycles. The van der Waals surface area contributed by atoms with Gasteiger partial charge in [0.2, 0.25) is 0 Å². The van der Waals surface area contributed by atoms with Crippen molar-refractivity contribution in [1.29, 1.82) is 5.26 Å². The van der Waals surface area contributed by atoms with Crippen molar-refractivity contribution in [2.75, 3.05) is 32.0 Å². The van der Waals surface area contributed by atoms with Crippen LogP contribution >= 0.6 is 0 Å². The molecule has 0 saturated carbocycles. The maximum atomic E-state index is 9.24. The van der Waals surface area contributed by atoms with Crippen LogP contribution in [0.1, 0.15) is 29.7 Å². The van der Waals surface area contributed by atoms with Crippen LogP contribution in [0.25, 0.3) is 0 Å². The Kier molecular flexibility index (Phi) is 4.33. The number of nitrogens with zero attached hydrogens (tertiary/aromatic N) is 4. The monoisotopic (exact) mass is 259 g/mol. The first-order chi connectivity index (χ1) is 9.11. The number of aromatic nitrogens is 2. The molecule has 1 aromatic heterocycles. The Labute approximate surface area is 114 Å². The smallest absolute Gasteiger partial charge is 0.166 e. The summed E-state index contributed by atoms with van der Waals surface area (Å²) >= 11 is 0. The zero-order valence-electron chi connectivity index (χ0n) is 11.9. The Morgan fingerprint density at radius 3 is 2.89 bits per heavy atom. The molecule has 19 heavy (non-hydrogen) atoms. The Morgan fingerprint density at radius 2 is 2.21 bits per heavy atom. The van der Waals surface area contributed by atoms with Crippen LogP contribution in [0.2, 0.25) is 0 Å². The molecule has 1 saturated heterocycles. The zero-order chi connectivity index (χ0) is 13.8. The molecule has 1 fully saturated rings. The molecule has 1 atom stereocenters. The van der Waals surface area contributed by atoms with Gasteiger partial charge in [-0.25, -0.2) is 0 Å². The lowest BCUT2D eigenvalue weighted by Crippen LogP contribution is -2.35. The minimum Gasteiger partial charge on any atom is -0.367 e. The van der Waals surface area contributed by atoms with Crippen LogP contribution in [0.4, 0.5) is 5.82 Å². The van der Waals surface area contributed by atoms with Crippen LogP contribution in [-0.2, 0) is 0 Å². The normalized spacial score (nSPS) is 20.0. The van der Waals surface area contributed by atoms with Gasteiger partial charge in [0.25, 0.3) is 0 Å². The van der Waals surface area contributed by atoms with E-state index in [1.165, 1.54) is 19.4 Å². The third-order valence-corrected chi connectivity index (χ3v) is 3.85. The fraction of sp³-hybridized carbons (Fsp3) is 0.643. The lowest BCUT2D eigenvalue weighted by atomic mass is 9.98. The van der Waals surface area contributed by atoms with Gasteiger partial charge < -0.3 is 10.2 Å². The van der Waals surface area contributed by atoms with Crippen LogP contribution < -0.4 is 5.32 Å². The number of anilines is 1. The molecule has 0 spiro atoms. The molecule has 102 valence electrons. The molecular formula is C14H21N5. The van der Waals surface area contributed by atoms with Crippen LogP contribution in [0.5, 0.6) is 0 Å². The lowest BCUT2D eigenvalue weighted by Gasteiger charge is -2.29. The quantitative estimate of drug-likeness (QED) is 0.895. The number of hydrogen-bond acceptors (Lipinski definition) is 5. The van der Waals surface area contributed by atoms with E-state index in [0.29, 0.717) is 17.3 Å². The number of aryl methyl sites for hydroxylation is 1. The molecule has 1 aliphatic heterocycles. The van der Waals surface area contributed by atoms with Crippen LogP contribution in [0.15, 0.2) is 0 Å². The molecule has 0 amide bonds. The summed E-state index contributed by atoms with van der Waals surface area (Å²) in [4.78, 5) is 2.35. The van der Waals surface area contributed by atoms with Gasteiger partial charge in [0.1, 0.15) is 11.6 Å². The van der Waals surface area contributed by atoms with E-state index in [9.17, 15) is 5.26 Å². The van der Waals surface area contributed by atoms with E-state index in [1.54, 1.807) is 0 Å². The average molecular weight is 259 g/mol. The highest BCUT2D eigenvalue weighted by Gasteiger charge is 2.18. The van der Waals surface area contributed by atoms with E-state index in [0.717, 1.165) is 24.3 Å². The fourth-order valence-corrected chi connectivity index (χ4v) is 2.55. The second-order valence-corrected chi connectivity index (χ2v) is 5.40. The third-order valence-electron chi connectivity index (χ3n) is 3.85. The van der Waals surface area contributed by atoms with Crippen LogP contribution in [-0.4, -0.2) is 41.8 Å². The van der Waals surface area contributed by atoms with Gasteiger partial charge in [-0.2, -0.15) is 10.4 Å². The molecule has 1 unspecified atom stereocenters. The molecule has 0 radical (unpaired) electrons. The fourth-order valence-electron chi connectivity index (χ4n) is 2.55. The Bertz CT molecular complexity index is 491. The predicted molar refractivity (Wildman–Crippen MR) is 74.9 cm³/mol. The second kappa shape index (κ2) is 5.98. The summed E-state index contributed by atoms with van der Waals surface area (Å²) in [6.45, 7) is 6.94. The van der Waals surface area contributed by atoms with E-state index in [4.69, 9.17) is 0 Å². The van der Waals surface area contributed by atoms with Crippen molar-refractivity contribution in [3.63, 3.8) is 0 Å². The van der Waals surface area contributed by atoms with Gasteiger partial charge in [-0.3, -0.25) is 0 Å². The Morgan fingerprint density at radius 1 is 1.42 bits per heavy atom. The van der Waals surface area contributed by atoms with Crippen molar-refractivity contribution >= 4 is 5.82 Å². The zero-order valence-corrected chi connectivity index (χ0v) is 11.9. The van der Waals surface area contributed by atoms with Gasteiger partial charge in [0.05, 0.1) is 5.69 Å². The first-order valence-corrected chi connectivity index (χ1v) is 6.78. The first-order valence-electron chi connectivity index (χ1n) is 6.78. The van der Waals surface area contributed by atoms with Crippen molar-refractivity contribution in [2.24, 2.45) is 5.92 Å². The highest BCUT2D eigenvalue weighted by atomic mass is 15.2. The maximum absolute atomic E-state index is 9.24. The number of nitriles is 1. The Balaban J connectivity index is 2.04. The number of piperidine rings is 1. The number of nitrogens with one attached hydrogen (secondary N) is 1. The van der Waals surface area contributed by atoms with Gasteiger partial charge in [-0.15, -0.1) is 5.10 Å². The van der Waals surface area contributed by atoms with E-state index in [1.807, 2.05) is 13.8 Å². The molecule has 0 aliphatic carbocycles. The minimum atomic E-state index is 0.619. The molecule has 5 nitrogen and oxygen atoms in total. The molecule has 2 heterocycles. The van der Waals surface area contributed by atoms with Crippen molar-refractivity contribution in [3.8, 4) is 6.07 Å². The largest absolute Gasteiger partial charge is 0.367 e. The van der Waals surface area contributed by atoms with Gasteiger partial charge in [-0.1, -0.05) is 0 Å². The van der Waals surface area contributed by atoms with Gasteiger partial charge in [0, 0.05) is 13.1 Å². The van der Waals surface area contributed by atoms with Crippen molar-refractivity contribution in [2.45, 2.75) is 26.7 Å². The topological polar surface area (TPSA) is 64.8 Å². The standard InChI is InChI=1S/C14H21N5/c1-10-11(2)17-18-14(13(10)7-15)16-8-12-5-4-6-19(3)9-12/h12H,4-6,8-9H2,1-3H3,(H,16,18). The summed E-state index contributed by atoms with van der Waals surface area (Å²) in [6.07, 6.45) is 2.48. The van der Waals surface area contributed by atoms with E-state index in [2.05, 4.69) is 33.5 Å². The first kappa shape index (κ1) is 13.8. The lowest BCUT2D eigenvalue weighted by molar-refractivity contribution is 0.217. The molecule has 5 heteroatoms. The van der Waals surface area contributed by atoms with E-state index >= 15 is 0 Å². The Hall–Kier alpha value is -1.67. The molecule has 1 aliphatic rings. The SMILES string of the molecule is Cc1nnc(NCC2CCCN(C)C2)c(C#N)c1C.